The SMILES string of the molecule is COc1ccc(C(OC[C@H]2O[C@@H](n3c(C)c(C)c(=O)[nH]c3=O)[C@H](O[Si](C)(C)C(C)(C)C)[C@@H]2OP(OCCC#N)N(C(C)C)C(C)C)(c2ccccc2)c2ccc(OC)cc2)cc1. The molecule has 0 saturated carbocycles. The highest BCUT2D eigenvalue weighted by atomic mass is 31.2. The van der Waals surface area contributed by atoms with Crippen LogP contribution in [0.5, 0.6) is 11.5 Å². The van der Waals surface area contributed by atoms with Crippen molar-refractivity contribution in [2.75, 3.05) is 27.4 Å². The molecular formula is C47H65N4O9PSi. The predicted octanol–water partition coefficient (Wildman–Crippen LogP) is 9.13. The molecule has 1 aliphatic rings. The van der Waals surface area contributed by atoms with E-state index in [2.05, 4.69) is 77.3 Å². The maximum Gasteiger partial charge on any atom is 0.330 e. The van der Waals surface area contributed by atoms with E-state index in [0.717, 1.165) is 16.7 Å². The van der Waals surface area contributed by atoms with E-state index in [4.69, 9.17) is 32.4 Å². The average molecular weight is 889 g/mol. The molecule has 4 aromatic rings. The first-order valence-corrected chi connectivity index (χ1v) is 25.2. The summed E-state index contributed by atoms with van der Waals surface area (Å²) in [6.45, 7) is 22.6. The largest absolute Gasteiger partial charge is 0.497 e. The van der Waals surface area contributed by atoms with Gasteiger partial charge in [0.15, 0.2) is 14.5 Å². The maximum absolute atomic E-state index is 14.0. The van der Waals surface area contributed by atoms with Crippen LogP contribution in [0.25, 0.3) is 0 Å². The fourth-order valence-corrected chi connectivity index (χ4v) is 10.6. The second-order valence-corrected chi connectivity index (χ2v) is 23.8. The Bertz CT molecular complexity index is 2180. The topological polar surface area (TPSA) is 147 Å². The van der Waals surface area contributed by atoms with Gasteiger partial charge in [0.2, 0.25) is 0 Å². The molecule has 1 aliphatic heterocycles. The number of ether oxygens (including phenoxy) is 4. The highest BCUT2D eigenvalue weighted by Crippen LogP contribution is 2.52. The van der Waals surface area contributed by atoms with E-state index in [-0.39, 0.29) is 36.8 Å². The lowest BCUT2D eigenvalue weighted by atomic mass is 9.80. The zero-order chi connectivity index (χ0) is 45.6. The number of rotatable bonds is 19. The first-order valence-electron chi connectivity index (χ1n) is 21.2. The number of hydrogen-bond donors (Lipinski definition) is 1. The third-order valence-electron chi connectivity index (χ3n) is 12.0. The molecule has 62 heavy (non-hydrogen) atoms. The number of nitrogens with one attached hydrogen (secondary N) is 1. The van der Waals surface area contributed by atoms with E-state index in [1.54, 1.807) is 28.1 Å². The number of methoxy groups -OCH3 is 2. The Morgan fingerprint density at radius 2 is 1.39 bits per heavy atom. The zero-order valence-corrected chi connectivity index (χ0v) is 40.4. The van der Waals surface area contributed by atoms with Gasteiger partial charge in [-0.3, -0.25) is 14.3 Å². The van der Waals surface area contributed by atoms with Crippen LogP contribution < -0.4 is 20.7 Å². The van der Waals surface area contributed by atoms with Gasteiger partial charge >= 0.3 is 5.69 Å². The number of aromatic nitrogens is 2. The zero-order valence-electron chi connectivity index (χ0n) is 38.6. The standard InChI is InChI=1S/C47H65N4O9PSi/c1-31(2)51(32(3)4)61(57-29-17-28-48)59-41-40(58-44(42(41)60-62(12,13)46(7,8)9)50-34(6)33(5)43(52)49-45(50)53)30-56-47(35-18-15-14-16-19-35,36-20-24-38(54-10)25-21-36)37-22-26-39(55-11)27-23-37/h14-16,18-27,31-32,40-42,44H,17,29-30H2,1-13H3,(H,49,52,53)/t40-,41-,42-,44-,61?/m1/s1. The third-order valence-corrected chi connectivity index (χ3v) is 18.6. The van der Waals surface area contributed by atoms with Crippen molar-refractivity contribution >= 4 is 16.8 Å². The summed E-state index contributed by atoms with van der Waals surface area (Å²) in [4.78, 5) is 29.5. The van der Waals surface area contributed by atoms with E-state index in [1.165, 1.54) is 4.57 Å². The van der Waals surface area contributed by atoms with Gasteiger partial charge in [0.05, 0.1) is 39.9 Å². The summed E-state index contributed by atoms with van der Waals surface area (Å²) in [6.07, 6.45) is -3.48. The first-order chi connectivity index (χ1) is 29.3. The van der Waals surface area contributed by atoms with Crippen molar-refractivity contribution in [3.05, 3.63) is 128 Å². The van der Waals surface area contributed by atoms with Crippen LogP contribution in [-0.4, -0.2) is 80.4 Å². The van der Waals surface area contributed by atoms with E-state index >= 15 is 0 Å². The van der Waals surface area contributed by atoms with Gasteiger partial charge in [0.25, 0.3) is 14.1 Å². The number of nitrogens with zero attached hydrogens (tertiary/aromatic N) is 3. The van der Waals surface area contributed by atoms with Crippen LogP contribution in [0.2, 0.25) is 18.1 Å². The number of benzene rings is 3. The molecule has 0 aliphatic carbocycles. The molecule has 0 bridgehead atoms. The van der Waals surface area contributed by atoms with Gasteiger partial charge in [-0.15, -0.1) is 0 Å². The Morgan fingerprint density at radius 1 is 0.855 bits per heavy atom. The third kappa shape index (κ3) is 10.4. The van der Waals surface area contributed by atoms with Gasteiger partial charge in [-0.25, -0.2) is 9.46 Å². The average Bonchev–Trinajstić information content (AvgIpc) is 3.54. The summed E-state index contributed by atoms with van der Waals surface area (Å²) in [6, 6.07) is 27.7. The fourth-order valence-electron chi connectivity index (χ4n) is 7.55. The fraction of sp³-hybridized carbons (Fsp3) is 0.511. The molecule has 5 rings (SSSR count). The smallest absolute Gasteiger partial charge is 0.330 e. The number of H-pyrrole nitrogens is 1. The van der Waals surface area contributed by atoms with Crippen LogP contribution in [0.4, 0.5) is 0 Å². The molecule has 13 nitrogen and oxygen atoms in total. The summed E-state index contributed by atoms with van der Waals surface area (Å²) < 4.78 is 50.5. The summed E-state index contributed by atoms with van der Waals surface area (Å²) >= 11 is 0. The molecule has 1 N–H and O–H groups in total. The Labute approximate surface area is 369 Å². The molecule has 336 valence electrons. The number of hydrogen-bond acceptors (Lipinski definition) is 11. The summed E-state index contributed by atoms with van der Waals surface area (Å²) in [5.74, 6) is 1.38. The summed E-state index contributed by atoms with van der Waals surface area (Å²) in [5, 5.41) is 9.30. The van der Waals surface area contributed by atoms with Crippen LogP contribution in [0, 0.1) is 25.2 Å². The second-order valence-electron chi connectivity index (χ2n) is 17.7. The number of nitriles is 1. The minimum absolute atomic E-state index is 0.00152. The quantitative estimate of drug-likeness (QED) is 0.0416. The second kappa shape index (κ2) is 20.6. The molecule has 15 heteroatoms. The molecule has 1 unspecified atom stereocenters. The van der Waals surface area contributed by atoms with Crippen molar-refractivity contribution in [2.24, 2.45) is 0 Å². The van der Waals surface area contributed by atoms with E-state index in [9.17, 15) is 14.9 Å². The molecule has 5 atom stereocenters. The van der Waals surface area contributed by atoms with Crippen molar-refractivity contribution < 1.29 is 32.4 Å². The molecule has 0 radical (unpaired) electrons. The molecule has 2 heterocycles. The van der Waals surface area contributed by atoms with E-state index in [0.29, 0.717) is 22.8 Å². The van der Waals surface area contributed by atoms with Crippen LogP contribution in [-0.2, 0) is 28.5 Å². The Morgan fingerprint density at radius 3 is 1.87 bits per heavy atom. The lowest BCUT2D eigenvalue weighted by molar-refractivity contribution is -0.0947. The van der Waals surface area contributed by atoms with Crippen LogP contribution in [0.3, 0.4) is 0 Å². The normalized spacial score (nSPS) is 19.0. The minimum Gasteiger partial charge on any atom is -0.497 e. The molecule has 1 saturated heterocycles. The molecule has 1 aromatic heterocycles. The lowest BCUT2D eigenvalue weighted by Gasteiger charge is -2.42. The molecule has 0 amide bonds. The first kappa shape index (κ1) is 48.9. The van der Waals surface area contributed by atoms with Crippen LogP contribution >= 0.6 is 8.53 Å². The minimum atomic E-state index is -2.67. The lowest BCUT2D eigenvalue weighted by Crippen LogP contribution is -2.51. The van der Waals surface area contributed by atoms with Gasteiger partial charge in [0, 0.05) is 23.3 Å². The van der Waals surface area contributed by atoms with E-state index < -0.39 is 58.2 Å². The molecule has 1 fully saturated rings. The molecule has 0 spiro atoms. The van der Waals surface area contributed by atoms with Crippen LogP contribution in [0.15, 0.2) is 88.5 Å². The number of aromatic amines is 1. The van der Waals surface area contributed by atoms with Gasteiger partial charge in [0.1, 0.15) is 35.4 Å². The maximum atomic E-state index is 14.0. The van der Waals surface area contributed by atoms with Gasteiger partial charge in [-0.1, -0.05) is 75.4 Å². The van der Waals surface area contributed by atoms with Gasteiger partial charge in [-0.2, -0.15) is 5.26 Å². The summed E-state index contributed by atoms with van der Waals surface area (Å²) in [5.41, 5.74) is 1.03. The van der Waals surface area contributed by atoms with Gasteiger partial charge < -0.3 is 32.4 Å². The van der Waals surface area contributed by atoms with E-state index in [1.807, 2.05) is 78.9 Å². The predicted molar refractivity (Wildman–Crippen MR) is 245 cm³/mol. The van der Waals surface area contributed by atoms with Crippen LogP contribution in [0.1, 0.15) is 89.1 Å². The van der Waals surface area contributed by atoms with Crippen molar-refractivity contribution in [2.45, 2.75) is 129 Å². The monoisotopic (exact) mass is 888 g/mol. The Balaban J connectivity index is 1.77. The van der Waals surface area contributed by atoms with Crippen molar-refractivity contribution in [1.82, 2.24) is 14.2 Å². The highest BCUT2D eigenvalue weighted by Gasteiger charge is 2.55. The Kier molecular flexibility index (Phi) is 16.2. The molecule has 3 aromatic carbocycles. The van der Waals surface area contributed by atoms with Crippen molar-refractivity contribution in [3.63, 3.8) is 0 Å². The Hall–Kier alpha value is -4.16. The van der Waals surface area contributed by atoms with Gasteiger partial charge in [-0.05, 0) is 101 Å². The highest BCUT2D eigenvalue weighted by molar-refractivity contribution is 7.44. The van der Waals surface area contributed by atoms with Crippen molar-refractivity contribution in [1.29, 1.82) is 5.26 Å². The molecular weight excluding hydrogens is 824 g/mol. The summed E-state index contributed by atoms with van der Waals surface area (Å²) in [7, 11) is -1.24. The van der Waals surface area contributed by atoms with Crippen molar-refractivity contribution in [3.8, 4) is 17.6 Å².